The topological polar surface area (TPSA) is 55.2 Å². The minimum atomic E-state index is -0.433. The van der Waals surface area contributed by atoms with Gasteiger partial charge in [0.1, 0.15) is 5.69 Å². The molecule has 0 aliphatic carbocycles. The van der Waals surface area contributed by atoms with Crippen molar-refractivity contribution in [3.63, 3.8) is 0 Å². The quantitative estimate of drug-likeness (QED) is 0.653. The van der Waals surface area contributed by atoms with Crippen LogP contribution in [0.3, 0.4) is 0 Å². The summed E-state index contributed by atoms with van der Waals surface area (Å²) in [6.45, 7) is 0. The van der Waals surface area contributed by atoms with Gasteiger partial charge in [-0.25, -0.2) is 0 Å². The lowest BCUT2D eigenvalue weighted by molar-refractivity contribution is -0.384. The third-order valence-electron chi connectivity index (χ3n) is 2.26. The van der Waals surface area contributed by atoms with E-state index in [1.807, 2.05) is 0 Å². The summed E-state index contributed by atoms with van der Waals surface area (Å²) in [6.07, 6.45) is 0. The number of benzene rings is 2. The van der Waals surface area contributed by atoms with E-state index in [1.165, 1.54) is 6.07 Å². The molecule has 18 heavy (non-hydrogen) atoms. The van der Waals surface area contributed by atoms with E-state index in [0.717, 1.165) is 0 Å². The van der Waals surface area contributed by atoms with Crippen molar-refractivity contribution in [2.24, 2.45) is 0 Å². The van der Waals surface area contributed by atoms with Crippen LogP contribution < -0.4 is 5.32 Å². The van der Waals surface area contributed by atoms with Gasteiger partial charge in [-0.15, -0.1) is 0 Å². The van der Waals surface area contributed by atoms with Crippen LogP contribution in [-0.4, -0.2) is 4.92 Å². The lowest BCUT2D eigenvalue weighted by Crippen LogP contribution is -1.96. The second-order valence-electron chi connectivity index (χ2n) is 3.55. The monoisotopic (exact) mass is 326 g/mol. The number of nitrogens with zero attached hydrogens (tertiary/aromatic N) is 1. The van der Waals surface area contributed by atoms with Crippen molar-refractivity contribution in [2.75, 3.05) is 5.32 Å². The van der Waals surface area contributed by atoms with Crippen molar-refractivity contribution in [2.45, 2.75) is 0 Å². The maximum Gasteiger partial charge on any atom is 0.293 e. The first-order valence-electron chi connectivity index (χ1n) is 5.03. The molecule has 1 N–H and O–H groups in total. The number of nitrogens with one attached hydrogen (secondary N) is 1. The molecule has 0 amide bonds. The first-order valence-corrected chi connectivity index (χ1v) is 6.20. The van der Waals surface area contributed by atoms with Crippen LogP contribution in [-0.2, 0) is 0 Å². The minimum absolute atomic E-state index is 0.00403. The summed E-state index contributed by atoms with van der Waals surface area (Å²) in [4.78, 5) is 10.5. The smallest absolute Gasteiger partial charge is 0.293 e. The van der Waals surface area contributed by atoms with Gasteiger partial charge in [0.25, 0.3) is 5.69 Å². The number of nitro benzene ring substituents is 1. The van der Waals surface area contributed by atoms with Gasteiger partial charge in [-0.2, -0.15) is 0 Å². The second kappa shape index (κ2) is 5.37. The molecule has 0 bridgehead atoms. The largest absolute Gasteiger partial charge is 0.350 e. The molecule has 0 spiro atoms. The summed E-state index contributed by atoms with van der Waals surface area (Å²) in [5, 5.41) is 14.5. The van der Waals surface area contributed by atoms with Gasteiger partial charge in [0, 0.05) is 21.2 Å². The molecule has 0 atom stereocenters. The van der Waals surface area contributed by atoms with Gasteiger partial charge in [0.2, 0.25) is 0 Å². The number of halogens is 2. The maximum atomic E-state index is 10.9. The highest BCUT2D eigenvalue weighted by Gasteiger charge is 2.14. The molecule has 2 aromatic carbocycles. The Hall–Kier alpha value is -1.59. The van der Waals surface area contributed by atoms with Crippen molar-refractivity contribution < 1.29 is 4.92 Å². The minimum Gasteiger partial charge on any atom is -0.350 e. The Morgan fingerprint density at radius 3 is 2.67 bits per heavy atom. The molecule has 0 saturated carbocycles. The predicted octanol–water partition coefficient (Wildman–Crippen LogP) is 4.75. The lowest BCUT2D eigenvalue weighted by atomic mass is 10.2. The van der Waals surface area contributed by atoms with Crippen molar-refractivity contribution >= 4 is 44.6 Å². The highest BCUT2D eigenvalue weighted by Crippen LogP contribution is 2.31. The van der Waals surface area contributed by atoms with Gasteiger partial charge in [0.05, 0.1) is 4.92 Å². The standard InChI is InChI=1S/C12H8BrClN2O2/c13-8-4-5-11(12(6-8)16(17)18)15-10-3-1-2-9(14)7-10/h1-7,15H. The van der Waals surface area contributed by atoms with Gasteiger partial charge < -0.3 is 5.32 Å². The first kappa shape index (κ1) is 12.9. The normalized spacial score (nSPS) is 10.1. The van der Waals surface area contributed by atoms with Crippen molar-refractivity contribution in [1.29, 1.82) is 0 Å². The lowest BCUT2D eigenvalue weighted by Gasteiger charge is -2.07. The molecular weight excluding hydrogens is 320 g/mol. The molecule has 0 aliphatic heterocycles. The summed E-state index contributed by atoms with van der Waals surface area (Å²) < 4.78 is 0.658. The van der Waals surface area contributed by atoms with E-state index >= 15 is 0 Å². The summed E-state index contributed by atoms with van der Waals surface area (Å²) in [7, 11) is 0. The molecule has 2 aromatic rings. The Morgan fingerprint density at radius 1 is 1.22 bits per heavy atom. The molecule has 4 nitrogen and oxygen atoms in total. The van der Waals surface area contributed by atoms with E-state index in [4.69, 9.17) is 11.6 Å². The van der Waals surface area contributed by atoms with Crippen LogP contribution in [0.2, 0.25) is 5.02 Å². The Morgan fingerprint density at radius 2 is 2.00 bits per heavy atom. The van der Waals surface area contributed by atoms with Crippen LogP contribution in [0.5, 0.6) is 0 Å². The Balaban J connectivity index is 2.37. The Bertz CT molecular complexity index is 604. The van der Waals surface area contributed by atoms with E-state index in [9.17, 15) is 10.1 Å². The van der Waals surface area contributed by atoms with E-state index in [1.54, 1.807) is 36.4 Å². The third-order valence-corrected chi connectivity index (χ3v) is 2.99. The van der Waals surface area contributed by atoms with Crippen LogP contribution in [0.4, 0.5) is 17.1 Å². The van der Waals surface area contributed by atoms with Gasteiger partial charge >= 0.3 is 0 Å². The molecule has 0 radical (unpaired) electrons. The van der Waals surface area contributed by atoms with E-state index < -0.39 is 4.92 Å². The Labute approximate surface area is 117 Å². The molecule has 2 rings (SSSR count). The summed E-state index contributed by atoms with van der Waals surface area (Å²) in [5.41, 5.74) is 1.13. The molecule has 0 heterocycles. The van der Waals surface area contributed by atoms with E-state index in [0.29, 0.717) is 20.9 Å². The first-order chi connectivity index (χ1) is 8.56. The zero-order valence-corrected chi connectivity index (χ0v) is 11.4. The van der Waals surface area contributed by atoms with Gasteiger partial charge in [-0.1, -0.05) is 33.6 Å². The average Bonchev–Trinajstić information content (AvgIpc) is 2.31. The summed E-state index contributed by atoms with van der Waals surface area (Å²) >= 11 is 9.07. The number of rotatable bonds is 3. The number of hydrogen-bond donors (Lipinski definition) is 1. The van der Waals surface area contributed by atoms with Crippen molar-refractivity contribution in [3.8, 4) is 0 Å². The van der Waals surface area contributed by atoms with Crippen molar-refractivity contribution in [3.05, 3.63) is 62.1 Å². The van der Waals surface area contributed by atoms with Crippen LogP contribution >= 0.6 is 27.5 Å². The maximum absolute atomic E-state index is 10.9. The number of anilines is 2. The molecule has 0 saturated heterocycles. The zero-order valence-electron chi connectivity index (χ0n) is 9.06. The predicted molar refractivity (Wildman–Crippen MR) is 75.5 cm³/mol. The number of nitro groups is 1. The van der Waals surface area contributed by atoms with E-state index in [-0.39, 0.29) is 5.69 Å². The fraction of sp³-hybridized carbons (Fsp3) is 0. The van der Waals surface area contributed by atoms with Gasteiger partial charge in [-0.3, -0.25) is 10.1 Å². The molecule has 0 unspecified atom stereocenters. The van der Waals surface area contributed by atoms with Gasteiger partial charge in [-0.05, 0) is 30.3 Å². The zero-order chi connectivity index (χ0) is 13.1. The highest BCUT2D eigenvalue weighted by atomic mass is 79.9. The Kier molecular flexibility index (Phi) is 3.84. The van der Waals surface area contributed by atoms with Crippen LogP contribution in [0, 0.1) is 10.1 Å². The van der Waals surface area contributed by atoms with Crippen LogP contribution in [0.1, 0.15) is 0 Å². The number of hydrogen-bond acceptors (Lipinski definition) is 3. The van der Waals surface area contributed by atoms with E-state index in [2.05, 4.69) is 21.2 Å². The average molecular weight is 328 g/mol. The molecule has 6 heteroatoms. The van der Waals surface area contributed by atoms with Crippen LogP contribution in [0.25, 0.3) is 0 Å². The molecule has 0 fully saturated rings. The fourth-order valence-electron chi connectivity index (χ4n) is 1.48. The second-order valence-corrected chi connectivity index (χ2v) is 4.91. The fourth-order valence-corrected chi connectivity index (χ4v) is 2.02. The summed E-state index contributed by atoms with van der Waals surface area (Å²) in [6, 6.07) is 11.8. The summed E-state index contributed by atoms with van der Waals surface area (Å²) in [5.74, 6) is 0. The third kappa shape index (κ3) is 3.00. The SMILES string of the molecule is O=[N+]([O-])c1cc(Br)ccc1Nc1cccc(Cl)c1. The highest BCUT2D eigenvalue weighted by molar-refractivity contribution is 9.10. The van der Waals surface area contributed by atoms with Crippen LogP contribution in [0.15, 0.2) is 46.9 Å². The molecular formula is C12H8BrClN2O2. The molecule has 92 valence electrons. The van der Waals surface area contributed by atoms with Gasteiger partial charge in [0.15, 0.2) is 0 Å². The van der Waals surface area contributed by atoms with Crippen molar-refractivity contribution in [1.82, 2.24) is 0 Å². The molecule has 0 aliphatic rings. The molecule has 0 aromatic heterocycles.